The van der Waals surface area contributed by atoms with E-state index >= 15 is 0 Å². The predicted octanol–water partition coefficient (Wildman–Crippen LogP) is 0.555. The first-order valence-electron chi connectivity index (χ1n) is 12.1. The van der Waals surface area contributed by atoms with Crippen LogP contribution in [0.3, 0.4) is 0 Å². The molecule has 0 rings (SSSR count). The molecule has 0 atom stereocenters. The smallest absolute Gasteiger partial charge is 0.302 e. The van der Waals surface area contributed by atoms with Crippen molar-refractivity contribution >= 4 is 5.97 Å². The van der Waals surface area contributed by atoms with Gasteiger partial charge >= 0.3 is 5.97 Å². The van der Waals surface area contributed by atoms with E-state index in [0.29, 0.717) is 6.61 Å². The number of aliphatic hydroxyl groups excluding tert-OH is 10. The molecule has 0 aromatic rings. The summed E-state index contributed by atoms with van der Waals surface area (Å²) < 4.78 is 4.40. The van der Waals surface area contributed by atoms with Crippen LogP contribution in [0.4, 0.5) is 0 Å². The van der Waals surface area contributed by atoms with Gasteiger partial charge in [0.2, 0.25) is 0 Å². The van der Waals surface area contributed by atoms with Crippen molar-refractivity contribution in [2.75, 3.05) is 72.7 Å². The summed E-state index contributed by atoms with van der Waals surface area (Å²) in [7, 11) is 0. The maximum atomic E-state index is 9.82. The highest BCUT2D eigenvalue weighted by Crippen LogP contribution is 1.69. The molecule has 236 valence electrons. The molecule has 10 N–H and O–H groups in total. The van der Waals surface area contributed by atoms with Crippen molar-refractivity contribution in [3.8, 4) is 0 Å². The average molecular weight is 549 g/mol. The summed E-state index contributed by atoms with van der Waals surface area (Å²) in [6, 6.07) is 0. The number of carbonyl (C=O) groups excluding carboxylic acids is 1. The molecule has 0 aromatic carbocycles. The zero-order chi connectivity index (χ0) is 32.1. The van der Waals surface area contributed by atoms with Gasteiger partial charge in [0.1, 0.15) is 0 Å². The van der Waals surface area contributed by atoms with Gasteiger partial charge in [0.05, 0.1) is 6.61 Å². The van der Waals surface area contributed by atoms with E-state index in [1.165, 1.54) is 6.92 Å². The minimum atomic E-state index is -0.211. The van der Waals surface area contributed by atoms with Crippen molar-refractivity contribution in [2.45, 2.75) is 83.1 Å². The molecule has 0 aromatic heterocycles. The van der Waals surface area contributed by atoms with Crippen LogP contribution in [0, 0.1) is 0 Å². The third-order valence-corrected chi connectivity index (χ3v) is 0.348. The molecule has 0 radical (unpaired) electrons. The van der Waals surface area contributed by atoms with Gasteiger partial charge in [-0.15, -0.1) is 0 Å². The normalized spacial score (nSPS) is 6.28. The second-order valence-corrected chi connectivity index (χ2v) is 4.09. The van der Waals surface area contributed by atoms with Crippen molar-refractivity contribution < 1.29 is 60.6 Å². The molecule has 12 nitrogen and oxygen atoms in total. The molecule has 0 saturated heterocycles. The third-order valence-electron chi connectivity index (χ3n) is 0.348. The molecule has 36 heavy (non-hydrogen) atoms. The van der Waals surface area contributed by atoms with Crippen LogP contribution in [0.5, 0.6) is 0 Å². The zero-order valence-electron chi connectivity index (χ0n) is 25.6. The number of rotatable bonds is 1. The molecule has 0 amide bonds. The molecule has 12 heteroatoms. The van der Waals surface area contributed by atoms with Gasteiger partial charge in [-0.25, -0.2) is 0 Å². The third kappa shape index (κ3) is 7940. The Morgan fingerprint density at radius 3 is 0.472 bits per heavy atom. The second kappa shape index (κ2) is 188. The Hall–Kier alpha value is -0.930. The molecule has 0 aliphatic carbocycles. The van der Waals surface area contributed by atoms with Crippen molar-refractivity contribution in [2.24, 2.45) is 0 Å². The van der Waals surface area contributed by atoms with E-state index < -0.39 is 0 Å². The first-order valence-corrected chi connectivity index (χ1v) is 12.1. The summed E-state index contributed by atoms with van der Waals surface area (Å²) in [5.74, 6) is -0.211. The van der Waals surface area contributed by atoms with Crippen molar-refractivity contribution in [3.63, 3.8) is 0 Å². The molecule has 0 saturated carbocycles. The fourth-order valence-electron chi connectivity index (χ4n) is 0.203. The molecular formula is C24H68O12. The topological polar surface area (TPSA) is 229 Å². The van der Waals surface area contributed by atoms with Crippen LogP contribution >= 0.6 is 0 Å². The van der Waals surface area contributed by atoms with Gasteiger partial charge in [-0.3, -0.25) is 4.79 Å². The maximum absolute atomic E-state index is 9.82. The van der Waals surface area contributed by atoms with Crippen LogP contribution in [0.25, 0.3) is 0 Å². The fourth-order valence-corrected chi connectivity index (χ4v) is 0.203. The number of ether oxygens (including phenoxy) is 1. The van der Waals surface area contributed by atoms with Gasteiger partial charge in [-0.1, -0.05) is 0 Å². The van der Waals surface area contributed by atoms with E-state index in [9.17, 15) is 4.79 Å². The van der Waals surface area contributed by atoms with E-state index in [0.717, 1.165) is 0 Å². The largest absolute Gasteiger partial charge is 0.466 e. The van der Waals surface area contributed by atoms with Crippen molar-refractivity contribution in [3.05, 3.63) is 0 Å². The molecular weight excluding hydrogens is 480 g/mol. The summed E-state index contributed by atoms with van der Waals surface area (Å²) in [6.07, 6.45) is 0. The van der Waals surface area contributed by atoms with Crippen LogP contribution in [-0.2, 0) is 9.53 Å². The standard InChI is InChI=1S/C4H8O2.10C2H6O/c1-3-6-4(2)5;10*1-2-3/h3H2,1-2H3;10*3H,2H2,1H3. The first kappa shape index (κ1) is 70.3. The quantitative estimate of drug-likeness (QED) is 0.203. The minimum absolute atomic E-state index is 0.211. The van der Waals surface area contributed by atoms with Gasteiger partial charge in [0.25, 0.3) is 0 Å². The monoisotopic (exact) mass is 548 g/mol. The van der Waals surface area contributed by atoms with Gasteiger partial charge < -0.3 is 55.8 Å². The van der Waals surface area contributed by atoms with E-state index in [2.05, 4.69) is 4.74 Å². The van der Waals surface area contributed by atoms with E-state index in [1.54, 1.807) is 76.2 Å². The summed E-state index contributed by atoms with van der Waals surface area (Å²) in [4.78, 5) is 9.82. The first-order chi connectivity index (χ1) is 16.9. The molecule has 0 unspecified atom stereocenters. The lowest BCUT2D eigenvalue weighted by Gasteiger charge is -1.89. The SMILES string of the molecule is CCO.CCO.CCO.CCO.CCO.CCO.CCO.CCO.CCO.CCO.CCOC(C)=O. The predicted molar refractivity (Wildman–Crippen MR) is 150 cm³/mol. The van der Waals surface area contributed by atoms with Crippen molar-refractivity contribution in [1.82, 2.24) is 0 Å². The Balaban J connectivity index is -0.0000000215. The van der Waals surface area contributed by atoms with E-state index in [1.807, 2.05) is 0 Å². The zero-order valence-corrected chi connectivity index (χ0v) is 25.6. The minimum Gasteiger partial charge on any atom is -0.466 e. The number of aliphatic hydroxyl groups is 10. The Bertz CT molecular complexity index is 146. The summed E-state index contributed by atoms with van der Waals surface area (Å²) >= 11 is 0. The van der Waals surface area contributed by atoms with Gasteiger partial charge in [0.15, 0.2) is 0 Å². The summed E-state index contributed by atoms with van der Waals surface area (Å²) in [6.45, 7) is 23.0. The summed E-state index contributed by atoms with van der Waals surface area (Å²) in [5.41, 5.74) is 0. The highest BCUT2D eigenvalue weighted by atomic mass is 16.5. The lowest BCUT2D eigenvalue weighted by Crippen LogP contribution is -1.95. The van der Waals surface area contributed by atoms with Crippen molar-refractivity contribution in [1.29, 1.82) is 0 Å². The van der Waals surface area contributed by atoms with E-state index in [-0.39, 0.29) is 72.0 Å². The molecule has 0 aliphatic heterocycles. The summed E-state index contributed by atoms with van der Waals surface area (Å²) in [5, 5.41) is 75.7. The van der Waals surface area contributed by atoms with Gasteiger partial charge in [0, 0.05) is 73.0 Å². The Kier molecular flexibility index (Phi) is 367. The highest BCUT2D eigenvalue weighted by molar-refractivity contribution is 5.65. The molecule has 0 bridgehead atoms. The van der Waals surface area contributed by atoms with Crippen LogP contribution in [0.2, 0.25) is 0 Å². The van der Waals surface area contributed by atoms with Crippen LogP contribution < -0.4 is 0 Å². The second-order valence-electron chi connectivity index (χ2n) is 4.09. The number of esters is 1. The van der Waals surface area contributed by atoms with Crippen LogP contribution in [0.15, 0.2) is 0 Å². The Labute approximate surface area is 222 Å². The number of carbonyl (C=O) groups is 1. The van der Waals surface area contributed by atoms with Crippen LogP contribution in [0.1, 0.15) is 83.1 Å². The average Bonchev–Trinajstić information content (AvgIpc) is 2.74. The van der Waals surface area contributed by atoms with Gasteiger partial charge in [-0.05, 0) is 76.2 Å². The van der Waals surface area contributed by atoms with Gasteiger partial charge in [-0.2, -0.15) is 0 Å². The molecule has 0 aliphatic rings. The highest BCUT2D eigenvalue weighted by Gasteiger charge is 1.81. The Morgan fingerprint density at radius 1 is 0.389 bits per heavy atom. The van der Waals surface area contributed by atoms with E-state index in [4.69, 9.17) is 51.1 Å². The lowest BCUT2D eigenvalue weighted by atomic mass is 10.8. The Morgan fingerprint density at radius 2 is 0.472 bits per heavy atom. The number of hydrogen-bond acceptors (Lipinski definition) is 12. The van der Waals surface area contributed by atoms with Crippen LogP contribution in [-0.4, -0.2) is 130 Å². The number of hydrogen-bond donors (Lipinski definition) is 10. The molecule has 0 spiro atoms. The lowest BCUT2D eigenvalue weighted by molar-refractivity contribution is -0.140. The fraction of sp³-hybridized carbons (Fsp3) is 0.958. The molecule has 0 fully saturated rings. The maximum Gasteiger partial charge on any atom is 0.302 e. The molecule has 0 heterocycles.